The van der Waals surface area contributed by atoms with Crippen molar-refractivity contribution >= 4 is 15.9 Å². The first kappa shape index (κ1) is 22.9. The van der Waals surface area contributed by atoms with Gasteiger partial charge < -0.3 is 14.8 Å². The quantitative estimate of drug-likeness (QED) is 0.509. The summed E-state index contributed by atoms with van der Waals surface area (Å²) in [6, 6.07) is 13.4. The zero-order valence-corrected chi connectivity index (χ0v) is 19.0. The Morgan fingerprint density at radius 2 is 1.82 bits per heavy atom. The zero-order chi connectivity index (χ0) is 23.3. The first-order valence-electron chi connectivity index (χ1n) is 10.5. The molecule has 0 spiro atoms. The summed E-state index contributed by atoms with van der Waals surface area (Å²) in [7, 11) is -1.98. The van der Waals surface area contributed by atoms with Gasteiger partial charge >= 0.3 is 0 Å². The summed E-state index contributed by atoms with van der Waals surface area (Å²) in [6.07, 6.45) is 0.471. The first-order chi connectivity index (χ1) is 16.0. The van der Waals surface area contributed by atoms with E-state index in [0.717, 1.165) is 11.3 Å². The van der Waals surface area contributed by atoms with Gasteiger partial charge in [0.1, 0.15) is 11.6 Å². The van der Waals surface area contributed by atoms with Crippen molar-refractivity contribution in [3.63, 3.8) is 0 Å². The number of aromatic amines is 1. The molecule has 0 bridgehead atoms. The van der Waals surface area contributed by atoms with Crippen molar-refractivity contribution in [2.24, 2.45) is 0 Å². The van der Waals surface area contributed by atoms with E-state index in [4.69, 9.17) is 9.47 Å². The van der Waals surface area contributed by atoms with Crippen LogP contribution in [0, 0.1) is 0 Å². The number of nitrogens with one attached hydrogen (secondary N) is 2. The first-order valence-corrected chi connectivity index (χ1v) is 11.9. The van der Waals surface area contributed by atoms with E-state index in [0.29, 0.717) is 56.5 Å². The largest absolute Gasteiger partial charge is 0.497 e. The second-order valence-corrected chi connectivity index (χ2v) is 9.32. The van der Waals surface area contributed by atoms with E-state index in [9.17, 15) is 13.2 Å². The second kappa shape index (κ2) is 10.1. The number of rotatable bonds is 8. The van der Waals surface area contributed by atoms with Crippen LogP contribution in [0.25, 0.3) is 11.4 Å². The molecular formula is C22H25N5O5S. The Hall–Kier alpha value is -3.28. The van der Waals surface area contributed by atoms with Gasteiger partial charge in [-0.3, -0.25) is 9.89 Å². The molecule has 2 N–H and O–H groups in total. The van der Waals surface area contributed by atoms with Crippen LogP contribution in [0.4, 0.5) is 0 Å². The van der Waals surface area contributed by atoms with Crippen LogP contribution in [0.2, 0.25) is 0 Å². The van der Waals surface area contributed by atoms with Gasteiger partial charge in [0, 0.05) is 37.2 Å². The van der Waals surface area contributed by atoms with Gasteiger partial charge in [-0.25, -0.2) is 13.4 Å². The predicted octanol–water partition coefficient (Wildman–Crippen LogP) is 1.47. The molecular weight excluding hydrogens is 446 g/mol. The Kier molecular flexibility index (Phi) is 7.02. The standard InChI is InChI=1S/C22H25N5O5S/c1-31-18-6-2-16(3-7-18)21-24-20(25-26-21)10-11-23-22(28)17-4-8-19(9-5-17)33(29,30)27-12-14-32-15-13-27/h2-9H,10-15H2,1H3,(H,23,28)(H,24,25,26). The number of amides is 1. The molecule has 1 aliphatic heterocycles. The molecule has 2 aromatic carbocycles. The van der Waals surface area contributed by atoms with Crippen molar-refractivity contribution in [2.75, 3.05) is 40.0 Å². The van der Waals surface area contributed by atoms with Crippen LogP contribution in [0.1, 0.15) is 16.2 Å². The van der Waals surface area contributed by atoms with Crippen molar-refractivity contribution in [1.29, 1.82) is 0 Å². The van der Waals surface area contributed by atoms with Gasteiger partial charge in [0.25, 0.3) is 5.91 Å². The maximum Gasteiger partial charge on any atom is 0.251 e. The van der Waals surface area contributed by atoms with E-state index in [1.54, 1.807) is 7.11 Å². The van der Waals surface area contributed by atoms with Crippen LogP contribution in [-0.4, -0.2) is 73.8 Å². The van der Waals surface area contributed by atoms with Gasteiger partial charge in [-0.2, -0.15) is 9.40 Å². The molecule has 0 radical (unpaired) electrons. The van der Waals surface area contributed by atoms with Crippen LogP contribution in [0.5, 0.6) is 5.75 Å². The highest BCUT2D eigenvalue weighted by molar-refractivity contribution is 7.89. The number of benzene rings is 2. The number of aromatic nitrogens is 3. The molecule has 2 heterocycles. The third-order valence-corrected chi connectivity index (χ3v) is 7.16. The number of ether oxygens (including phenoxy) is 2. The molecule has 1 aromatic heterocycles. The normalized spacial score (nSPS) is 14.7. The molecule has 0 aliphatic carbocycles. The third kappa shape index (κ3) is 5.38. The van der Waals surface area contributed by atoms with Gasteiger partial charge in [-0.1, -0.05) is 0 Å². The van der Waals surface area contributed by atoms with Gasteiger partial charge in [0.2, 0.25) is 10.0 Å². The summed E-state index contributed by atoms with van der Waals surface area (Å²) in [4.78, 5) is 17.0. The minimum Gasteiger partial charge on any atom is -0.497 e. The van der Waals surface area contributed by atoms with E-state index in [2.05, 4.69) is 20.5 Å². The summed E-state index contributed by atoms with van der Waals surface area (Å²) >= 11 is 0. The highest BCUT2D eigenvalue weighted by Gasteiger charge is 2.26. The number of morpholine rings is 1. The summed E-state index contributed by atoms with van der Waals surface area (Å²) in [5.41, 5.74) is 1.24. The predicted molar refractivity (Wildman–Crippen MR) is 120 cm³/mol. The average molecular weight is 472 g/mol. The fourth-order valence-electron chi connectivity index (χ4n) is 3.39. The SMILES string of the molecule is COc1ccc(-c2n[nH]c(CCNC(=O)c3ccc(S(=O)(=O)N4CCOCC4)cc3)n2)cc1. The maximum atomic E-state index is 12.7. The maximum absolute atomic E-state index is 12.7. The van der Waals surface area contributed by atoms with Crippen LogP contribution in [-0.2, 0) is 21.2 Å². The van der Waals surface area contributed by atoms with Crippen molar-refractivity contribution in [1.82, 2.24) is 24.8 Å². The Balaban J connectivity index is 1.30. The number of hydrogen-bond donors (Lipinski definition) is 2. The molecule has 11 heteroatoms. The molecule has 0 atom stereocenters. The van der Waals surface area contributed by atoms with Crippen LogP contribution >= 0.6 is 0 Å². The van der Waals surface area contributed by atoms with Crippen molar-refractivity contribution in [2.45, 2.75) is 11.3 Å². The van der Waals surface area contributed by atoms with E-state index in [-0.39, 0.29) is 10.8 Å². The Labute approximate surface area is 192 Å². The minimum atomic E-state index is -3.59. The van der Waals surface area contributed by atoms with Crippen LogP contribution < -0.4 is 10.1 Å². The molecule has 1 amide bonds. The molecule has 4 rings (SSSR count). The van der Waals surface area contributed by atoms with Gasteiger partial charge in [-0.15, -0.1) is 0 Å². The molecule has 174 valence electrons. The zero-order valence-electron chi connectivity index (χ0n) is 18.2. The lowest BCUT2D eigenvalue weighted by molar-refractivity contribution is 0.0730. The number of carbonyl (C=O) groups excluding carboxylic acids is 1. The van der Waals surface area contributed by atoms with Gasteiger partial charge in [0.15, 0.2) is 5.82 Å². The Morgan fingerprint density at radius 1 is 1.12 bits per heavy atom. The average Bonchev–Trinajstić information content (AvgIpc) is 3.33. The minimum absolute atomic E-state index is 0.161. The fourth-order valence-corrected chi connectivity index (χ4v) is 4.80. The highest BCUT2D eigenvalue weighted by atomic mass is 32.2. The number of nitrogens with zero attached hydrogens (tertiary/aromatic N) is 3. The monoisotopic (exact) mass is 471 g/mol. The van der Waals surface area contributed by atoms with E-state index < -0.39 is 10.0 Å². The van der Waals surface area contributed by atoms with E-state index in [1.165, 1.54) is 28.6 Å². The lowest BCUT2D eigenvalue weighted by atomic mass is 10.2. The molecule has 3 aromatic rings. The number of sulfonamides is 1. The highest BCUT2D eigenvalue weighted by Crippen LogP contribution is 2.19. The summed E-state index contributed by atoms with van der Waals surface area (Å²) in [5, 5.41) is 9.90. The number of methoxy groups -OCH3 is 1. The molecule has 1 saturated heterocycles. The molecule has 1 aliphatic rings. The van der Waals surface area contributed by atoms with Crippen LogP contribution in [0.3, 0.4) is 0 Å². The molecule has 0 saturated carbocycles. The topological polar surface area (TPSA) is 127 Å². The second-order valence-electron chi connectivity index (χ2n) is 7.38. The molecule has 0 unspecified atom stereocenters. The number of H-pyrrole nitrogens is 1. The fraction of sp³-hybridized carbons (Fsp3) is 0.318. The summed E-state index contributed by atoms with van der Waals surface area (Å²) in [5.74, 6) is 1.67. The third-order valence-electron chi connectivity index (χ3n) is 5.25. The summed E-state index contributed by atoms with van der Waals surface area (Å²) in [6.45, 7) is 1.77. The lowest BCUT2D eigenvalue weighted by Gasteiger charge is -2.26. The number of carbonyl (C=O) groups is 1. The Bertz CT molecular complexity index is 1190. The van der Waals surface area contributed by atoms with E-state index >= 15 is 0 Å². The van der Waals surface area contributed by atoms with Gasteiger partial charge in [-0.05, 0) is 48.5 Å². The Morgan fingerprint density at radius 3 is 2.48 bits per heavy atom. The smallest absolute Gasteiger partial charge is 0.251 e. The molecule has 10 nitrogen and oxygen atoms in total. The summed E-state index contributed by atoms with van der Waals surface area (Å²) < 4.78 is 37.1. The molecule has 33 heavy (non-hydrogen) atoms. The van der Waals surface area contributed by atoms with Crippen molar-refractivity contribution in [3.8, 4) is 17.1 Å². The molecule has 1 fully saturated rings. The van der Waals surface area contributed by atoms with Crippen molar-refractivity contribution < 1.29 is 22.7 Å². The van der Waals surface area contributed by atoms with Crippen molar-refractivity contribution in [3.05, 3.63) is 59.9 Å². The van der Waals surface area contributed by atoms with Crippen LogP contribution in [0.15, 0.2) is 53.4 Å². The van der Waals surface area contributed by atoms with E-state index in [1.807, 2.05) is 24.3 Å². The number of hydrogen-bond acceptors (Lipinski definition) is 7. The lowest BCUT2D eigenvalue weighted by Crippen LogP contribution is -2.40. The van der Waals surface area contributed by atoms with Gasteiger partial charge in [0.05, 0.1) is 25.2 Å².